The number of hydrogen-bond acceptors (Lipinski definition) is 1. The van der Waals surface area contributed by atoms with Crippen LogP contribution in [0.1, 0.15) is 75.3 Å². The van der Waals surface area contributed by atoms with Crippen LogP contribution in [0.5, 0.6) is 5.75 Å². The molecule has 4 heteroatoms. The topological polar surface area (TPSA) is 67.6 Å². The Morgan fingerprint density at radius 3 is 1.24 bits per heavy atom. The monoisotopic (exact) mass is 607 g/mol. The quantitative estimate of drug-likeness (QED) is 0.130. The number of nitrogens with one attached hydrogen (secondary N) is 3. The maximum Gasteiger partial charge on any atom is 0.119 e. The zero-order chi connectivity index (χ0) is 32.3. The highest BCUT2D eigenvalue weighted by molar-refractivity contribution is 5.82. The van der Waals surface area contributed by atoms with E-state index in [0.29, 0.717) is 12.2 Å². The van der Waals surface area contributed by atoms with Gasteiger partial charge in [0, 0.05) is 49.9 Å². The summed E-state index contributed by atoms with van der Waals surface area (Å²) in [6.45, 7) is 13.9. The lowest BCUT2D eigenvalue weighted by Gasteiger charge is -2.32. The number of aromatic nitrogens is 3. The first kappa shape index (κ1) is 30.0. The lowest BCUT2D eigenvalue weighted by atomic mass is 9.73. The van der Waals surface area contributed by atoms with Crippen LogP contribution in [0.2, 0.25) is 0 Å². The van der Waals surface area contributed by atoms with Crippen molar-refractivity contribution in [3.63, 3.8) is 0 Å². The third-order valence-corrected chi connectivity index (χ3v) is 10.2. The van der Waals surface area contributed by atoms with E-state index in [1.54, 1.807) is 0 Å². The van der Waals surface area contributed by atoms with Crippen molar-refractivity contribution in [1.29, 1.82) is 0 Å². The molecular weight excluding hydrogens is 562 g/mol. The first-order valence-corrected chi connectivity index (χ1v) is 16.5. The number of phenols is 1. The van der Waals surface area contributed by atoms with Crippen molar-refractivity contribution in [2.75, 3.05) is 0 Å². The van der Waals surface area contributed by atoms with Crippen molar-refractivity contribution < 1.29 is 5.11 Å². The highest BCUT2D eigenvalue weighted by Crippen LogP contribution is 2.41. The van der Waals surface area contributed by atoms with Gasteiger partial charge in [-0.25, -0.2) is 0 Å². The van der Waals surface area contributed by atoms with E-state index in [1.165, 1.54) is 44.4 Å². The van der Waals surface area contributed by atoms with Gasteiger partial charge in [0.05, 0.1) is 0 Å². The molecular formula is C42H45N3O. The summed E-state index contributed by atoms with van der Waals surface area (Å²) in [4.78, 5) is 11.1. The standard InChI is InChI=1S/C42H45N3O/c1-40(2,37-21-27-13-7-10-16-33(27)43-37)24-30-19-20-36(46)32(26-42(5,6)39-23-29-15-9-12-18-35(29)45-39)31(30)25-41(3,4)38-22-28-14-8-11-17-34(28)44-38/h7-23,43-46H,24-26H2,1-6H3. The summed E-state index contributed by atoms with van der Waals surface area (Å²) in [6, 6.07) is 36.4. The highest BCUT2D eigenvalue weighted by atomic mass is 16.3. The number of aromatic hydroxyl groups is 1. The van der Waals surface area contributed by atoms with Gasteiger partial charge >= 0.3 is 0 Å². The van der Waals surface area contributed by atoms with Crippen LogP contribution in [0.15, 0.2) is 103 Å². The summed E-state index contributed by atoms with van der Waals surface area (Å²) < 4.78 is 0. The molecule has 0 aliphatic heterocycles. The fraction of sp³-hybridized carbons (Fsp3) is 0.286. The van der Waals surface area contributed by atoms with Crippen LogP contribution in [0.3, 0.4) is 0 Å². The van der Waals surface area contributed by atoms with E-state index in [1.807, 2.05) is 6.07 Å². The van der Waals surface area contributed by atoms with E-state index in [0.717, 1.165) is 35.0 Å². The first-order chi connectivity index (χ1) is 21.9. The van der Waals surface area contributed by atoms with E-state index in [-0.39, 0.29) is 16.2 Å². The molecule has 7 rings (SSSR count). The predicted octanol–water partition coefficient (Wildman–Crippen LogP) is 10.4. The Morgan fingerprint density at radius 1 is 0.457 bits per heavy atom. The molecule has 0 fully saturated rings. The minimum Gasteiger partial charge on any atom is -0.508 e. The molecule has 4 N–H and O–H groups in total. The van der Waals surface area contributed by atoms with Gasteiger partial charge < -0.3 is 20.1 Å². The van der Waals surface area contributed by atoms with Gasteiger partial charge in [0.15, 0.2) is 0 Å². The van der Waals surface area contributed by atoms with Gasteiger partial charge in [-0.05, 0) is 94.6 Å². The second kappa shape index (κ2) is 11.0. The molecule has 46 heavy (non-hydrogen) atoms. The number of H-pyrrole nitrogens is 3. The molecule has 0 saturated carbocycles. The van der Waals surface area contributed by atoms with Crippen LogP contribution in [-0.4, -0.2) is 20.1 Å². The fourth-order valence-electron chi connectivity index (χ4n) is 7.27. The molecule has 3 aromatic heterocycles. The normalized spacial score (nSPS) is 12.9. The van der Waals surface area contributed by atoms with Crippen LogP contribution < -0.4 is 0 Å². The molecule has 234 valence electrons. The van der Waals surface area contributed by atoms with Crippen LogP contribution in [0, 0.1) is 0 Å². The first-order valence-electron chi connectivity index (χ1n) is 16.5. The number of aromatic amines is 3. The minimum absolute atomic E-state index is 0.153. The maximum atomic E-state index is 11.6. The molecule has 0 bridgehead atoms. The lowest BCUT2D eigenvalue weighted by molar-refractivity contribution is 0.436. The summed E-state index contributed by atoms with van der Waals surface area (Å²) >= 11 is 0. The summed E-state index contributed by atoms with van der Waals surface area (Å²) in [5.74, 6) is 0.374. The fourth-order valence-corrected chi connectivity index (χ4v) is 7.27. The Hall–Kier alpha value is -4.70. The number of benzene rings is 4. The summed E-state index contributed by atoms with van der Waals surface area (Å²) in [6.07, 6.45) is 2.35. The van der Waals surface area contributed by atoms with E-state index in [2.05, 4.69) is 154 Å². The molecule has 3 heterocycles. The van der Waals surface area contributed by atoms with Crippen molar-refractivity contribution >= 4 is 32.7 Å². The SMILES string of the molecule is CC(C)(Cc1ccc(O)c(CC(C)(C)c2cc3ccccc3[nH]2)c1CC(C)(C)c1cc2ccccc2[nH]1)c1cc2ccccc2[nH]1. The zero-order valence-corrected chi connectivity index (χ0v) is 27.9. The summed E-state index contributed by atoms with van der Waals surface area (Å²) in [5, 5.41) is 15.3. The van der Waals surface area contributed by atoms with Crippen molar-refractivity contribution in [3.8, 4) is 5.75 Å². The predicted molar refractivity (Wildman–Crippen MR) is 193 cm³/mol. The van der Waals surface area contributed by atoms with Gasteiger partial charge in [-0.15, -0.1) is 0 Å². The van der Waals surface area contributed by atoms with Crippen LogP contribution in [0.4, 0.5) is 0 Å². The highest BCUT2D eigenvalue weighted by Gasteiger charge is 2.33. The van der Waals surface area contributed by atoms with E-state index in [9.17, 15) is 5.11 Å². The van der Waals surface area contributed by atoms with Crippen LogP contribution in [0.25, 0.3) is 32.7 Å². The van der Waals surface area contributed by atoms with E-state index < -0.39 is 0 Å². The summed E-state index contributed by atoms with van der Waals surface area (Å²) in [7, 11) is 0. The Morgan fingerprint density at radius 2 is 0.826 bits per heavy atom. The molecule has 0 unspecified atom stereocenters. The zero-order valence-electron chi connectivity index (χ0n) is 27.9. The third-order valence-electron chi connectivity index (χ3n) is 10.2. The van der Waals surface area contributed by atoms with Gasteiger partial charge in [0.1, 0.15) is 5.75 Å². The Kier molecular flexibility index (Phi) is 7.15. The molecule has 0 radical (unpaired) electrons. The third kappa shape index (κ3) is 5.51. The molecule has 0 spiro atoms. The number of phenolic OH excluding ortho intramolecular Hbond substituents is 1. The molecule has 0 aliphatic carbocycles. The van der Waals surface area contributed by atoms with Crippen LogP contribution >= 0.6 is 0 Å². The average molecular weight is 608 g/mol. The van der Waals surface area contributed by atoms with E-state index >= 15 is 0 Å². The Labute approximate surface area is 271 Å². The Balaban J connectivity index is 1.32. The lowest BCUT2D eigenvalue weighted by Crippen LogP contribution is -2.28. The Bertz CT molecular complexity index is 2090. The number of para-hydroxylation sites is 3. The van der Waals surface area contributed by atoms with Crippen molar-refractivity contribution in [1.82, 2.24) is 15.0 Å². The largest absolute Gasteiger partial charge is 0.508 e. The van der Waals surface area contributed by atoms with Gasteiger partial charge in [0.25, 0.3) is 0 Å². The van der Waals surface area contributed by atoms with Crippen molar-refractivity contribution in [2.24, 2.45) is 0 Å². The molecule has 0 saturated heterocycles. The smallest absolute Gasteiger partial charge is 0.119 e. The number of hydrogen-bond donors (Lipinski definition) is 4. The maximum absolute atomic E-state index is 11.6. The van der Waals surface area contributed by atoms with Crippen LogP contribution in [-0.2, 0) is 35.5 Å². The second-order valence-electron chi connectivity index (χ2n) is 15.2. The van der Waals surface area contributed by atoms with Gasteiger partial charge in [-0.2, -0.15) is 0 Å². The van der Waals surface area contributed by atoms with Gasteiger partial charge in [-0.3, -0.25) is 0 Å². The minimum atomic E-state index is -0.234. The average Bonchev–Trinajstić information content (AvgIpc) is 3.77. The molecule has 0 amide bonds. The molecule has 4 nitrogen and oxygen atoms in total. The van der Waals surface area contributed by atoms with Crippen molar-refractivity contribution in [2.45, 2.75) is 77.0 Å². The molecule has 4 aromatic carbocycles. The van der Waals surface area contributed by atoms with Gasteiger partial charge in [-0.1, -0.05) is 102 Å². The van der Waals surface area contributed by atoms with Crippen molar-refractivity contribution in [3.05, 3.63) is 137 Å². The number of fused-ring (bicyclic) bond motifs is 3. The number of rotatable bonds is 9. The second-order valence-corrected chi connectivity index (χ2v) is 15.2. The van der Waals surface area contributed by atoms with Gasteiger partial charge in [0.2, 0.25) is 0 Å². The molecule has 7 aromatic rings. The molecule has 0 atom stereocenters. The van der Waals surface area contributed by atoms with E-state index in [4.69, 9.17) is 0 Å². The molecule has 0 aliphatic rings. The summed E-state index contributed by atoms with van der Waals surface area (Å²) in [5.41, 5.74) is 10.1.